The summed E-state index contributed by atoms with van der Waals surface area (Å²) in [7, 11) is 0. The Morgan fingerprint density at radius 3 is 3.00 bits per heavy atom. The lowest BCUT2D eigenvalue weighted by Crippen LogP contribution is -2.10. The second-order valence-corrected chi connectivity index (χ2v) is 5.51. The van der Waals surface area contributed by atoms with Gasteiger partial charge in [0.25, 0.3) is 5.88 Å². The van der Waals surface area contributed by atoms with Gasteiger partial charge in [-0.1, -0.05) is 11.3 Å². The normalized spacial score (nSPS) is 10.6. The van der Waals surface area contributed by atoms with Crippen LogP contribution in [0, 0.1) is 5.82 Å². The van der Waals surface area contributed by atoms with Crippen LogP contribution in [0.4, 0.5) is 4.39 Å². The number of aromatic nitrogens is 2. The molecule has 2 heterocycles. The molecule has 18 heavy (non-hydrogen) atoms. The number of carbonyl (C=O) groups excluding carboxylic acids is 1. The highest BCUT2D eigenvalue weighted by molar-refractivity contribution is 9.11. The lowest BCUT2D eigenvalue weighted by Gasteiger charge is -2.05. The van der Waals surface area contributed by atoms with Crippen molar-refractivity contribution >= 4 is 43.6 Å². The predicted octanol–water partition coefficient (Wildman–Crippen LogP) is 2.53. The Hall–Kier alpha value is -1.28. The molecule has 2 rings (SSSR count). The van der Waals surface area contributed by atoms with Gasteiger partial charge in [0.15, 0.2) is 9.73 Å². The van der Waals surface area contributed by atoms with Crippen LogP contribution in [0.25, 0.3) is 10.3 Å². The molecule has 0 saturated heterocycles. The summed E-state index contributed by atoms with van der Waals surface area (Å²) in [6.45, 7) is 1.40. The average Bonchev–Trinajstić information content (AvgIpc) is 2.63. The Morgan fingerprint density at radius 2 is 2.28 bits per heavy atom. The van der Waals surface area contributed by atoms with Crippen molar-refractivity contribution in [3.63, 3.8) is 0 Å². The van der Waals surface area contributed by atoms with Gasteiger partial charge < -0.3 is 9.47 Å². The Bertz CT molecular complexity index is 590. The quantitative estimate of drug-likeness (QED) is 0.635. The molecule has 0 aromatic carbocycles. The van der Waals surface area contributed by atoms with Crippen LogP contribution in [0.2, 0.25) is 0 Å². The van der Waals surface area contributed by atoms with Crippen molar-refractivity contribution in [1.82, 2.24) is 9.97 Å². The van der Waals surface area contributed by atoms with Gasteiger partial charge in [-0.15, -0.1) is 0 Å². The maximum Gasteiger partial charge on any atom is 0.302 e. The van der Waals surface area contributed by atoms with Crippen molar-refractivity contribution in [3.05, 3.63) is 15.8 Å². The van der Waals surface area contributed by atoms with E-state index in [-0.39, 0.29) is 19.1 Å². The molecule has 0 fully saturated rings. The minimum Gasteiger partial charge on any atom is -0.472 e. The van der Waals surface area contributed by atoms with Gasteiger partial charge in [-0.25, -0.2) is 9.37 Å². The van der Waals surface area contributed by atoms with Gasteiger partial charge in [-0.05, 0) is 15.9 Å². The molecule has 0 spiro atoms. The standard InChI is InChI=1S/C10H8BrFN2O3S/c1-5(15)16-2-3-17-8-6(12)4-7-9(14-8)18-10(11)13-7/h4H,2-3H2,1H3. The van der Waals surface area contributed by atoms with E-state index in [0.717, 1.165) is 0 Å². The van der Waals surface area contributed by atoms with Crippen molar-refractivity contribution in [2.24, 2.45) is 0 Å². The van der Waals surface area contributed by atoms with Crippen LogP contribution in [-0.2, 0) is 9.53 Å². The van der Waals surface area contributed by atoms with Crippen molar-refractivity contribution in [3.8, 4) is 5.88 Å². The average molecular weight is 335 g/mol. The lowest BCUT2D eigenvalue weighted by atomic mass is 10.4. The number of esters is 1. The first kappa shape index (κ1) is 13.2. The highest BCUT2D eigenvalue weighted by atomic mass is 79.9. The van der Waals surface area contributed by atoms with Gasteiger partial charge >= 0.3 is 5.97 Å². The molecule has 0 unspecified atom stereocenters. The zero-order chi connectivity index (χ0) is 13.1. The molecule has 0 aliphatic rings. The van der Waals surface area contributed by atoms with Gasteiger partial charge in [0, 0.05) is 13.0 Å². The molecular formula is C10H8BrFN2O3S. The molecular weight excluding hydrogens is 327 g/mol. The number of hydrogen-bond donors (Lipinski definition) is 0. The van der Waals surface area contributed by atoms with Crippen LogP contribution in [0.15, 0.2) is 9.98 Å². The summed E-state index contributed by atoms with van der Waals surface area (Å²) >= 11 is 4.48. The van der Waals surface area contributed by atoms with Crippen LogP contribution in [0.3, 0.4) is 0 Å². The SMILES string of the molecule is CC(=O)OCCOc1nc2sc(Br)nc2cc1F. The molecule has 0 aliphatic heterocycles. The number of halogens is 2. The molecule has 0 N–H and O–H groups in total. The Morgan fingerprint density at radius 1 is 1.50 bits per heavy atom. The molecule has 5 nitrogen and oxygen atoms in total. The number of thiazole rings is 1. The molecule has 0 amide bonds. The zero-order valence-corrected chi connectivity index (χ0v) is 11.7. The number of nitrogens with zero attached hydrogens (tertiary/aromatic N) is 2. The van der Waals surface area contributed by atoms with Crippen LogP contribution >= 0.6 is 27.3 Å². The Labute approximate surface area is 114 Å². The van der Waals surface area contributed by atoms with E-state index in [0.29, 0.717) is 14.3 Å². The number of hydrogen-bond acceptors (Lipinski definition) is 6. The van der Waals surface area contributed by atoms with Crippen LogP contribution < -0.4 is 4.74 Å². The fourth-order valence-electron chi connectivity index (χ4n) is 1.22. The van der Waals surface area contributed by atoms with Crippen molar-refractivity contribution in [2.45, 2.75) is 6.92 Å². The minimum atomic E-state index is -0.594. The molecule has 2 aromatic heterocycles. The minimum absolute atomic E-state index is 0.0506. The van der Waals surface area contributed by atoms with Crippen LogP contribution in [-0.4, -0.2) is 29.2 Å². The smallest absolute Gasteiger partial charge is 0.302 e. The number of ether oxygens (including phenoxy) is 2. The zero-order valence-electron chi connectivity index (χ0n) is 9.27. The van der Waals surface area contributed by atoms with E-state index in [1.54, 1.807) is 0 Å². The summed E-state index contributed by atoms with van der Waals surface area (Å²) in [5, 5.41) is 0. The number of rotatable bonds is 4. The van der Waals surface area contributed by atoms with Crippen LogP contribution in [0.1, 0.15) is 6.92 Å². The second-order valence-electron chi connectivity index (χ2n) is 3.25. The fourth-order valence-corrected chi connectivity index (χ4v) is 2.52. The van der Waals surface area contributed by atoms with Gasteiger partial charge in [0.2, 0.25) is 0 Å². The van der Waals surface area contributed by atoms with E-state index in [1.807, 2.05) is 0 Å². The number of fused-ring (bicyclic) bond motifs is 1. The molecule has 0 atom stereocenters. The Balaban J connectivity index is 2.07. The van der Waals surface area contributed by atoms with Gasteiger partial charge in [-0.3, -0.25) is 4.79 Å². The van der Waals surface area contributed by atoms with E-state index >= 15 is 0 Å². The van der Waals surface area contributed by atoms with E-state index < -0.39 is 11.8 Å². The number of carbonyl (C=O) groups is 1. The maximum atomic E-state index is 13.6. The van der Waals surface area contributed by atoms with E-state index in [9.17, 15) is 9.18 Å². The predicted molar refractivity (Wildman–Crippen MR) is 67.2 cm³/mol. The molecule has 0 radical (unpaired) electrons. The summed E-state index contributed by atoms with van der Waals surface area (Å²) in [5.74, 6) is -1.12. The van der Waals surface area contributed by atoms with E-state index in [4.69, 9.17) is 4.74 Å². The second kappa shape index (κ2) is 5.57. The third-order valence-electron chi connectivity index (χ3n) is 1.91. The lowest BCUT2D eigenvalue weighted by molar-refractivity contribution is -0.141. The largest absolute Gasteiger partial charge is 0.472 e. The van der Waals surface area contributed by atoms with Crippen molar-refractivity contribution < 1.29 is 18.7 Å². The summed E-state index contributed by atoms with van der Waals surface area (Å²) in [5.41, 5.74) is 0.469. The summed E-state index contributed by atoms with van der Waals surface area (Å²) in [6, 6.07) is 1.25. The van der Waals surface area contributed by atoms with Crippen molar-refractivity contribution in [1.29, 1.82) is 0 Å². The first-order valence-electron chi connectivity index (χ1n) is 4.95. The first-order valence-corrected chi connectivity index (χ1v) is 6.56. The summed E-state index contributed by atoms with van der Waals surface area (Å²) < 4.78 is 24.0. The Kier molecular flexibility index (Phi) is 4.07. The van der Waals surface area contributed by atoms with Crippen LogP contribution in [0.5, 0.6) is 5.88 Å². The summed E-state index contributed by atoms with van der Waals surface area (Å²) in [4.78, 5) is 19.1. The molecule has 0 saturated carbocycles. The molecule has 8 heteroatoms. The molecule has 0 bridgehead atoms. The van der Waals surface area contributed by atoms with E-state index in [1.165, 1.54) is 24.3 Å². The third kappa shape index (κ3) is 3.14. The topological polar surface area (TPSA) is 61.3 Å². The summed E-state index contributed by atoms with van der Waals surface area (Å²) in [6.07, 6.45) is 0. The maximum absolute atomic E-state index is 13.6. The monoisotopic (exact) mass is 334 g/mol. The first-order chi connectivity index (χ1) is 8.56. The van der Waals surface area contributed by atoms with Gasteiger partial charge in [-0.2, -0.15) is 4.98 Å². The third-order valence-corrected chi connectivity index (χ3v) is 3.32. The molecule has 96 valence electrons. The fraction of sp³-hybridized carbons (Fsp3) is 0.300. The number of pyridine rings is 1. The highest BCUT2D eigenvalue weighted by Gasteiger charge is 2.11. The van der Waals surface area contributed by atoms with Crippen molar-refractivity contribution in [2.75, 3.05) is 13.2 Å². The van der Waals surface area contributed by atoms with Gasteiger partial charge in [0.1, 0.15) is 23.6 Å². The highest BCUT2D eigenvalue weighted by Crippen LogP contribution is 2.28. The van der Waals surface area contributed by atoms with Gasteiger partial charge in [0.05, 0.1) is 0 Å². The molecule has 0 aliphatic carbocycles. The molecule has 2 aromatic rings. The van der Waals surface area contributed by atoms with E-state index in [2.05, 4.69) is 30.6 Å².